The second kappa shape index (κ2) is 8.56. The van der Waals surface area contributed by atoms with Crippen molar-refractivity contribution in [1.82, 2.24) is 4.72 Å². The van der Waals surface area contributed by atoms with Crippen LogP contribution in [0.3, 0.4) is 0 Å². The van der Waals surface area contributed by atoms with Crippen LogP contribution in [-0.2, 0) is 33.1 Å². The smallest absolute Gasteiger partial charge is 0.240 e. The van der Waals surface area contributed by atoms with E-state index in [4.69, 9.17) is 9.47 Å². The van der Waals surface area contributed by atoms with E-state index in [9.17, 15) is 13.2 Å². The summed E-state index contributed by atoms with van der Waals surface area (Å²) in [6.07, 6.45) is 2.86. The first-order chi connectivity index (χ1) is 16.4. The molecule has 3 aromatic rings. The minimum absolute atomic E-state index is 0.206. The van der Waals surface area contributed by atoms with Crippen molar-refractivity contribution >= 4 is 15.8 Å². The molecule has 0 amide bonds. The normalized spacial score (nSPS) is 15.8. The summed E-state index contributed by atoms with van der Waals surface area (Å²) < 4.78 is 37.4. The van der Waals surface area contributed by atoms with E-state index >= 15 is 0 Å². The third-order valence-electron chi connectivity index (χ3n) is 6.87. The van der Waals surface area contributed by atoms with E-state index < -0.39 is 15.4 Å². The Hall–Kier alpha value is -3.16. The molecule has 1 saturated carbocycles. The Bertz CT molecular complexity index is 1360. The summed E-state index contributed by atoms with van der Waals surface area (Å²) in [6.45, 7) is 2.30. The zero-order chi connectivity index (χ0) is 23.9. The van der Waals surface area contributed by atoms with E-state index in [0.717, 1.165) is 52.8 Å². The molecule has 1 aliphatic carbocycles. The lowest BCUT2D eigenvalue weighted by molar-refractivity contribution is -0.120. The molecule has 0 aromatic heterocycles. The molecule has 0 saturated heterocycles. The van der Waals surface area contributed by atoms with E-state index in [1.165, 1.54) is 7.05 Å². The lowest BCUT2D eigenvalue weighted by atomic mass is 9.86. The van der Waals surface area contributed by atoms with Gasteiger partial charge in [0.1, 0.15) is 5.78 Å². The first-order valence-electron chi connectivity index (χ1n) is 11.5. The van der Waals surface area contributed by atoms with Gasteiger partial charge in [-0.25, -0.2) is 13.1 Å². The number of benzene rings is 3. The Morgan fingerprint density at radius 2 is 1.71 bits per heavy atom. The fourth-order valence-corrected chi connectivity index (χ4v) is 5.37. The number of sulfonamides is 1. The maximum Gasteiger partial charge on any atom is 0.240 e. The van der Waals surface area contributed by atoms with Crippen LogP contribution in [0, 0.1) is 0 Å². The maximum atomic E-state index is 13.4. The predicted molar refractivity (Wildman–Crippen MR) is 130 cm³/mol. The Kier molecular flexibility index (Phi) is 5.70. The molecule has 3 aromatic carbocycles. The fraction of sp³-hybridized carbons (Fsp3) is 0.296. The van der Waals surface area contributed by atoms with Crippen molar-refractivity contribution in [3.63, 3.8) is 0 Å². The van der Waals surface area contributed by atoms with Crippen LogP contribution in [0.4, 0.5) is 0 Å². The molecule has 7 heteroatoms. The first kappa shape index (κ1) is 22.6. The van der Waals surface area contributed by atoms with Crippen LogP contribution in [-0.4, -0.2) is 28.0 Å². The molecule has 0 radical (unpaired) electrons. The predicted octanol–water partition coefficient (Wildman–Crippen LogP) is 4.40. The molecule has 0 spiro atoms. The number of ether oxygens (including phenoxy) is 2. The first-order valence-corrected chi connectivity index (χ1v) is 12.9. The van der Waals surface area contributed by atoms with Crippen molar-refractivity contribution in [1.29, 1.82) is 0 Å². The molecular weight excluding hydrogens is 450 g/mol. The zero-order valence-electron chi connectivity index (χ0n) is 19.3. The Morgan fingerprint density at radius 1 is 0.971 bits per heavy atom. The number of nitrogens with one attached hydrogen (secondary N) is 1. The summed E-state index contributed by atoms with van der Waals surface area (Å²) in [5, 5.41) is 0. The molecular formula is C27H27NO5S. The molecule has 1 fully saturated rings. The average Bonchev–Trinajstić information content (AvgIpc) is 3.55. The molecule has 0 unspecified atom stereocenters. The van der Waals surface area contributed by atoms with E-state index in [1.807, 2.05) is 36.4 Å². The number of carbonyl (C=O) groups is 1. The standard InChI is InChI=1S/C27H27NO5S/c1-3-19-5-4-18(14-23(19)20-6-9-22(10-7-20)34(30,31)28-2)15-26(29)27(12-13-27)21-8-11-24-25(16-21)33-17-32-24/h4-11,14,16,28H,3,12-13,15,17H2,1-2H3. The van der Waals surface area contributed by atoms with E-state index in [0.29, 0.717) is 12.2 Å². The number of ketones is 1. The van der Waals surface area contributed by atoms with Gasteiger partial charge in [0.05, 0.1) is 10.3 Å². The van der Waals surface area contributed by atoms with Crippen molar-refractivity contribution < 1.29 is 22.7 Å². The average molecular weight is 478 g/mol. The number of rotatable bonds is 8. The van der Waals surface area contributed by atoms with Crippen LogP contribution in [0.2, 0.25) is 0 Å². The molecule has 176 valence electrons. The van der Waals surface area contributed by atoms with E-state index in [-0.39, 0.29) is 17.5 Å². The van der Waals surface area contributed by atoms with Gasteiger partial charge in [-0.3, -0.25) is 4.79 Å². The highest BCUT2D eigenvalue weighted by molar-refractivity contribution is 7.89. The van der Waals surface area contributed by atoms with Crippen LogP contribution >= 0.6 is 0 Å². The molecule has 1 N–H and O–H groups in total. The van der Waals surface area contributed by atoms with Crippen molar-refractivity contribution in [2.45, 2.75) is 42.9 Å². The van der Waals surface area contributed by atoms with Crippen molar-refractivity contribution in [2.24, 2.45) is 0 Å². The van der Waals surface area contributed by atoms with Crippen LogP contribution in [0.5, 0.6) is 11.5 Å². The number of aryl methyl sites for hydroxylation is 1. The van der Waals surface area contributed by atoms with Gasteiger partial charge in [-0.1, -0.05) is 43.3 Å². The van der Waals surface area contributed by atoms with Gasteiger partial charge in [0, 0.05) is 6.42 Å². The Labute approximate surface area is 200 Å². The number of hydrogen-bond donors (Lipinski definition) is 1. The van der Waals surface area contributed by atoms with Gasteiger partial charge in [0.2, 0.25) is 16.8 Å². The molecule has 34 heavy (non-hydrogen) atoms. The van der Waals surface area contributed by atoms with E-state index in [2.05, 4.69) is 23.8 Å². The topological polar surface area (TPSA) is 81.7 Å². The van der Waals surface area contributed by atoms with Crippen LogP contribution in [0.25, 0.3) is 11.1 Å². The fourth-order valence-electron chi connectivity index (χ4n) is 4.64. The highest BCUT2D eigenvalue weighted by Gasteiger charge is 2.50. The second-order valence-electron chi connectivity index (χ2n) is 8.83. The van der Waals surface area contributed by atoms with Crippen LogP contribution in [0.15, 0.2) is 65.6 Å². The third kappa shape index (κ3) is 3.99. The van der Waals surface area contributed by atoms with Crippen LogP contribution in [0.1, 0.15) is 36.5 Å². The Morgan fingerprint density at radius 3 is 2.38 bits per heavy atom. The number of fused-ring (bicyclic) bond motifs is 1. The summed E-state index contributed by atoms with van der Waals surface area (Å²) >= 11 is 0. The quantitative estimate of drug-likeness (QED) is 0.520. The molecule has 6 nitrogen and oxygen atoms in total. The number of Topliss-reactive ketones (excluding diaryl/α,β-unsaturated/α-hetero) is 1. The minimum Gasteiger partial charge on any atom is -0.454 e. The second-order valence-corrected chi connectivity index (χ2v) is 10.7. The van der Waals surface area contributed by atoms with Gasteiger partial charge in [-0.05, 0) is 78.4 Å². The summed E-state index contributed by atoms with van der Waals surface area (Å²) in [7, 11) is -2.09. The summed E-state index contributed by atoms with van der Waals surface area (Å²) in [5.74, 6) is 1.63. The number of hydrogen-bond acceptors (Lipinski definition) is 5. The molecule has 0 bridgehead atoms. The summed E-state index contributed by atoms with van der Waals surface area (Å²) in [4.78, 5) is 13.7. The van der Waals surface area contributed by atoms with Gasteiger partial charge in [0.15, 0.2) is 11.5 Å². The maximum absolute atomic E-state index is 13.4. The van der Waals surface area contributed by atoms with Gasteiger partial charge < -0.3 is 9.47 Å². The molecule has 2 aliphatic rings. The lowest BCUT2D eigenvalue weighted by Gasteiger charge is -2.16. The SMILES string of the molecule is CCc1ccc(CC(=O)C2(c3ccc4c(c3)OCO4)CC2)cc1-c1ccc(S(=O)(=O)NC)cc1. The van der Waals surface area contributed by atoms with Crippen molar-refractivity contribution in [3.8, 4) is 22.6 Å². The van der Waals surface area contributed by atoms with Crippen LogP contribution < -0.4 is 14.2 Å². The van der Waals surface area contributed by atoms with Gasteiger partial charge in [-0.15, -0.1) is 0 Å². The number of carbonyl (C=O) groups excluding carboxylic acids is 1. The van der Waals surface area contributed by atoms with Crippen molar-refractivity contribution in [2.75, 3.05) is 13.8 Å². The highest BCUT2D eigenvalue weighted by Crippen LogP contribution is 2.51. The summed E-state index contributed by atoms with van der Waals surface area (Å²) in [6, 6.07) is 18.8. The molecule has 1 heterocycles. The van der Waals surface area contributed by atoms with Gasteiger partial charge >= 0.3 is 0 Å². The van der Waals surface area contributed by atoms with Crippen molar-refractivity contribution in [3.05, 3.63) is 77.4 Å². The van der Waals surface area contributed by atoms with Gasteiger partial charge in [0.25, 0.3) is 0 Å². The molecule has 1 aliphatic heterocycles. The largest absolute Gasteiger partial charge is 0.454 e. The highest BCUT2D eigenvalue weighted by atomic mass is 32.2. The summed E-state index contributed by atoms with van der Waals surface area (Å²) in [5.41, 5.74) is 4.60. The molecule has 5 rings (SSSR count). The third-order valence-corrected chi connectivity index (χ3v) is 8.30. The molecule has 0 atom stereocenters. The van der Waals surface area contributed by atoms with Gasteiger partial charge in [-0.2, -0.15) is 0 Å². The monoisotopic (exact) mass is 477 g/mol. The Balaban J connectivity index is 1.41. The zero-order valence-corrected chi connectivity index (χ0v) is 20.1. The minimum atomic E-state index is -3.49. The lowest BCUT2D eigenvalue weighted by Crippen LogP contribution is -2.22. The van der Waals surface area contributed by atoms with E-state index in [1.54, 1.807) is 12.1 Å².